The molecule has 0 saturated carbocycles. The van der Waals surface area contributed by atoms with Crippen LogP contribution in [0.2, 0.25) is 0 Å². The van der Waals surface area contributed by atoms with Gasteiger partial charge < -0.3 is 9.32 Å². The molecule has 0 N–H and O–H groups in total. The predicted molar refractivity (Wildman–Crippen MR) is 81.3 cm³/mol. The van der Waals surface area contributed by atoms with Crippen LogP contribution in [0.3, 0.4) is 0 Å². The molecule has 1 aromatic carbocycles. The Morgan fingerprint density at radius 1 is 1.09 bits per heavy atom. The second-order valence-corrected chi connectivity index (χ2v) is 5.41. The van der Waals surface area contributed by atoms with Gasteiger partial charge in [-0.15, -0.1) is 10.2 Å². The fourth-order valence-corrected chi connectivity index (χ4v) is 2.74. The molecule has 3 heterocycles. The zero-order chi connectivity index (χ0) is 15.6. The number of anilines is 1. The molecule has 23 heavy (non-hydrogen) atoms. The van der Waals surface area contributed by atoms with E-state index in [4.69, 9.17) is 4.42 Å². The highest BCUT2D eigenvalue weighted by atomic mass is 19.1. The molecule has 1 aliphatic rings. The molecule has 0 bridgehead atoms. The van der Waals surface area contributed by atoms with Crippen molar-refractivity contribution in [2.24, 2.45) is 0 Å². The second-order valence-electron chi connectivity index (χ2n) is 5.41. The Balaban J connectivity index is 1.53. The Bertz CT molecular complexity index is 807. The van der Waals surface area contributed by atoms with Crippen molar-refractivity contribution in [2.45, 2.75) is 12.3 Å². The lowest BCUT2D eigenvalue weighted by atomic mass is 10.1. The van der Waals surface area contributed by atoms with Gasteiger partial charge in [0.05, 0.1) is 11.5 Å². The van der Waals surface area contributed by atoms with Crippen molar-refractivity contribution in [3.63, 3.8) is 0 Å². The van der Waals surface area contributed by atoms with Crippen LogP contribution in [0.1, 0.15) is 18.2 Å². The molecule has 0 spiro atoms. The fourth-order valence-electron chi connectivity index (χ4n) is 2.74. The van der Waals surface area contributed by atoms with Crippen molar-refractivity contribution in [3.8, 4) is 11.5 Å². The summed E-state index contributed by atoms with van der Waals surface area (Å²) in [4.78, 5) is 10.6. The van der Waals surface area contributed by atoms with Gasteiger partial charge in [0.15, 0.2) is 0 Å². The number of benzene rings is 1. The van der Waals surface area contributed by atoms with Crippen LogP contribution in [0.15, 0.2) is 47.1 Å². The highest BCUT2D eigenvalue weighted by Crippen LogP contribution is 2.30. The molecule has 4 rings (SSSR count). The van der Waals surface area contributed by atoms with E-state index in [2.05, 4.69) is 25.1 Å². The predicted octanol–water partition coefficient (Wildman–Crippen LogP) is 2.66. The smallest absolute Gasteiger partial charge is 0.250 e. The molecule has 1 atom stereocenters. The third kappa shape index (κ3) is 2.65. The maximum Gasteiger partial charge on any atom is 0.250 e. The van der Waals surface area contributed by atoms with Crippen LogP contribution in [0, 0.1) is 5.82 Å². The molecule has 0 aliphatic carbocycles. The lowest BCUT2D eigenvalue weighted by molar-refractivity contribution is 0.466. The summed E-state index contributed by atoms with van der Waals surface area (Å²) >= 11 is 0. The Hall–Kier alpha value is -2.83. The van der Waals surface area contributed by atoms with E-state index in [-0.39, 0.29) is 17.6 Å². The normalized spacial score (nSPS) is 17.6. The monoisotopic (exact) mass is 311 g/mol. The maximum atomic E-state index is 13.8. The number of rotatable bonds is 3. The van der Waals surface area contributed by atoms with E-state index in [0.717, 1.165) is 13.0 Å². The molecule has 3 aromatic rings. The second kappa shape index (κ2) is 5.75. The van der Waals surface area contributed by atoms with Gasteiger partial charge in [0.1, 0.15) is 5.82 Å². The molecular formula is C16H14FN5O. The summed E-state index contributed by atoms with van der Waals surface area (Å²) in [5.41, 5.74) is 0.326. The summed E-state index contributed by atoms with van der Waals surface area (Å²) in [6.07, 6.45) is 4.31. The first-order valence-electron chi connectivity index (χ1n) is 7.41. The molecule has 2 aromatic heterocycles. The van der Waals surface area contributed by atoms with Crippen LogP contribution < -0.4 is 4.90 Å². The number of aromatic nitrogens is 4. The van der Waals surface area contributed by atoms with E-state index in [1.165, 1.54) is 6.07 Å². The summed E-state index contributed by atoms with van der Waals surface area (Å²) in [5, 5.41) is 8.08. The molecule has 0 radical (unpaired) electrons. The van der Waals surface area contributed by atoms with Crippen LogP contribution >= 0.6 is 0 Å². The van der Waals surface area contributed by atoms with Crippen molar-refractivity contribution in [2.75, 3.05) is 18.0 Å². The number of hydrogen-bond acceptors (Lipinski definition) is 6. The Morgan fingerprint density at radius 2 is 1.91 bits per heavy atom. The number of hydrogen-bond donors (Lipinski definition) is 0. The zero-order valence-corrected chi connectivity index (χ0v) is 12.3. The molecule has 1 unspecified atom stereocenters. The van der Waals surface area contributed by atoms with Gasteiger partial charge in [0.2, 0.25) is 11.8 Å². The SMILES string of the molecule is Fc1ccccc1-c1nnc(C2CCN(c3ncccn3)C2)o1. The average molecular weight is 311 g/mol. The van der Waals surface area contributed by atoms with Crippen LogP contribution in [0.5, 0.6) is 0 Å². The van der Waals surface area contributed by atoms with Gasteiger partial charge in [-0.3, -0.25) is 0 Å². The quantitative estimate of drug-likeness (QED) is 0.741. The topological polar surface area (TPSA) is 67.9 Å². The number of nitrogens with zero attached hydrogens (tertiary/aromatic N) is 5. The maximum absolute atomic E-state index is 13.8. The van der Waals surface area contributed by atoms with Crippen LogP contribution in [0.4, 0.5) is 10.3 Å². The van der Waals surface area contributed by atoms with Gasteiger partial charge in [0.25, 0.3) is 5.89 Å². The highest BCUT2D eigenvalue weighted by Gasteiger charge is 2.29. The molecule has 6 nitrogen and oxygen atoms in total. The van der Waals surface area contributed by atoms with Gasteiger partial charge in [-0.25, -0.2) is 14.4 Å². The van der Waals surface area contributed by atoms with Gasteiger partial charge in [-0.2, -0.15) is 0 Å². The largest absolute Gasteiger partial charge is 0.420 e. The highest BCUT2D eigenvalue weighted by molar-refractivity contribution is 5.53. The van der Waals surface area contributed by atoms with Gasteiger partial charge in [0, 0.05) is 25.5 Å². The third-order valence-corrected chi connectivity index (χ3v) is 3.92. The van der Waals surface area contributed by atoms with E-state index >= 15 is 0 Å². The van der Waals surface area contributed by atoms with E-state index < -0.39 is 0 Å². The van der Waals surface area contributed by atoms with Crippen molar-refractivity contribution < 1.29 is 8.81 Å². The van der Waals surface area contributed by atoms with Crippen LogP contribution in [-0.4, -0.2) is 33.3 Å². The standard InChI is InChI=1S/C16H14FN5O/c17-13-5-2-1-4-12(13)15-21-20-14(23-15)11-6-9-22(10-11)16-18-7-3-8-19-16/h1-5,7-8,11H,6,9-10H2. The van der Waals surface area contributed by atoms with E-state index in [1.807, 2.05) is 0 Å². The number of halogens is 1. The molecule has 1 aliphatic heterocycles. The fraction of sp³-hybridized carbons (Fsp3) is 0.250. The van der Waals surface area contributed by atoms with Crippen LogP contribution in [-0.2, 0) is 0 Å². The summed E-state index contributed by atoms with van der Waals surface area (Å²) < 4.78 is 19.5. The van der Waals surface area contributed by atoms with Gasteiger partial charge in [-0.05, 0) is 24.6 Å². The summed E-state index contributed by atoms with van der Waals surface area (Å²) in [6.45, 7) is 1.54. The molecule has 116 valence electrons. The van der Waals surface area contributed by atoms with Crippen LogP contribution in [0.25, 0.3) is 11.5 Å². The summed E-state index contributed by atoms with van der Waals surface area (Å²) in [6, 6.07) is 8.17. The van der Waals surface area contributed by atoms with Crippen molar-refractivity contribution in [3.05, 3.63) is 54.4 Å². The summed E-state index contributed by atoms with van der Waals surface area (Å²) in [5.74, 6) is 1.18. The van der Waals surface area contributed by atoms with Gasteiger partial charge >= 0.3 is 0 Å². The molecule has 1 fully saturated rings. The molecule has 0 amide bonds. The lowest BCUT2D eigenvalue weighted by Crippen LogP contribution is -2.21. The lowest BCUT2D eigenvalue weighted by Gasteiger charge is -2.14. The van der Waals surface area contributed by atoms with Crippen molar-refractivity contribution in [1.29, 1.82) is 0 Å². The first kappa shape index (κ1) is 13.8. The first-order valence-corrected chi connectivity index (χ1v) is 7.41. The van der Waals surface area contributed by atoms with E-state index in [9.17, 15) is 4.39 Å². The summed E-state index contributed by atoms with van der Waals surface area (Å²) in [7, 11) is 0. The van der Waals surface area contributed by atoms with Crippen molar-refractivity contribution >= 4 is 5.95 Å². The minimum Gasteiger partial charge on any atom is -0.420 e. The Kier molecular flexibility index (Phi) is 3.45. The van der Waals surface area contributed by atoms with E-state index in [0.29, 0.717) is 23.9 Å². The molecule has 1 saturated heterocycles. The minimum absolute atomic E-state index is 0.104. The van der Waals surface area contributed by atoms with E-state index in [1.54, 1.807) is 36.7 Å². The molecular weight excluding hydrogens is 297 g/mol. The first-order chi connectivity index (χ1) is 11.3. The minimum atomic E-state index is -0.367. The Morgan fingerprint density at radius 3 is 2.74 bits per heavy atom. The molecule has 7 heteroatoms. The third-order valence-electron chi connectivity index (χ3n) is 3.92. The Labute approximate surface area is 132 Å². The zero-order valence-electron chi connectivity index (χ0n) is 12.3. The van der Waals surface area contributed by atoms with Gasteiger partial charge in [-0.1, -0.05) is 12.1 Å². The van der Waals surface area contributed by atoms with Crippen molar-refractivity contribution in [1.82, 2.24) is 20.2 Å². The average Bonchev–Trinajstić information content (AvgIpc) is 3.25.